The van der Waals surface area contributed by atoms with Gasteiger partial charge in [-0.3, -0.25) is 4.40 Å². The molecule has 98 valence electrons. The topological polar surface area (TPSA) is 43.3 Å². The maximum Gasteiger partial charge on any atom is 0.194 e. The van der Waals surface area contributed by atoms with Crippen LogP contribution in [0.15, 0.2) is 45.8 Å². The zero-order chi connectivity index (χ0) is 13.2. The van der Waals surface area contributed by atoms with Crippen LogP contribution in [0.1, 0.15) is 5.69 Å². The maximum atomic E-state index is 6.20. The van der Waals surface area contributed by atoms with Gasteiger partial charge in [0.15, 0.2) is 4.96 Å². The summed E-state index contributed by atoms with van der Waals surface area (Å²) in [4.78, 5) is 6.68. The molecule has 0 amide bonds. The minimum absolute atomic E-state index is 0.611. The van der Waals surface area contributed by atoms with E-state index in [0.29, 0.717) is 6.54 Å². The van der Waals surface area contributed by atoms with Crippen LogP contribution < -0.4 is 5.73 Å². The monoisotopic (exact) mass is 309 g/mol. The molecule has 0 saturated carbocycles. The fourth-order valence-corrected chi connectivity index (χ4v) is 3.90. The van der Waals surface area contributed by atoms with Crippen molar-refractivity contribution in [1.29, 1.82) is 0 Å². The van der Waals surface area contributed by atoms with Crippen molar-refractivity contribution in [3.8, 4) is 0 Å². The quantitative estimate of drug-likeness (QED) is 0.799. The van der Waals surface area contributed by atoms with Crippen molar-refractivity contribution >= 4 is 39.7 Å². The van der Waals surface area contributed by atoms with Crippen molar-refractivity contribution in [1.82, 2.24) is 9.38 Å². The molecule has 3 rings (SSSR count). The lowest BCUT2D eigenvalue weighted by Crippen LogP contribution is -2.05. The number of benzene rings is 1. The van der Waals surface area contributed by atoms with Crippen molar-refractivity contribution in [2.24, 2.45) is 5.73 Å². The van der Waals surface area contributed by atoms with Gasteiger partial charge < -0.3 is 5.73 Å². The smallest absolute Gasteiger partial charge is 0.194 e. The molecule has 0 radical (unpaired) electrons. The van der Waals surface area contributed by atoms with Crippen LogP contribution >= 0.6 is 34.7 Å². The Kier molecular flexibility index (Phi) is 3.79. The van der Waals surface area contributed by atoms with Crippen LogP contribution in [0.5, 0.6) is 0 Å². The van der Waals surface area contributed by atoms with Crippen molar-refractivity contribution < 1.29 is 0 Å². The van der Waals surface area contributed by atoms with Gasteiger partial charge in [-0.05, 0) is 18.7 Å². The third-order valence-electron chi connectivity index (χ3n) is 2.75. The lowest BCUT2D eigenvalue weighted by atomic mass is 10.3. The molecule has 0 spiro atoms. The first kappa shape index (κ1) is 13.0. The number of hydrogen-bond acceptors (Lipinski definition) is 4. The first-order chi connectivity index (χ1) is 9.29. The number of halogens is 1. The summed E-state index contributed by atoms with van der Waals surface area (Å²) in [6, 6.07) is 7.81. The Balaban J connectivity index is 2.02. The molecule has 3 aromatic rings. The van der Waals surface area contributed by atoms with Crippen LogP contribution in [-0.4, -0.2) is 15.9 Å². The lowest BCUT2D eigenvalue weighted by molar-refractivity contribution is 0.879. The zero-order valence-electron chi connectivity index (χ0n) is 10.0. The molecule has 2 aromatic heterocycles. The summed E-state index contributed by atoms with van der Waals surface area (Å²) in [5.74, 6) is 0. The molecule has 0 saturated heterocycles. The zero-order valence-corrected chi connectivity index (χ0v) is 12.4. The third kappa shape index (κ3) is 2.51. The van der Waals surface area contributed by atoms with Gasteiger partial charge in [-0.2, -0.15) is 0 Å². The number of aromatic nitrogens is 2. The highest BCUT2D eigenvalue weighted by atomic mass is 35.5. The van der Waals surface area contributed by atoms with E-state index in [9.17, 15) is 0 Å². The van der Waals surface area contributed by atoms with Gasteiger partial charge in [0.2, 0.25) is 0 Å². The van der Waals surface area contributed by atoms with E-state index < -0.39 is 0 Å². The van der Waals surface area contributed by atoms with Crippen LogP contribution in [0.4, 0.5) is 0 Å². The largest absolute Gasteiger partial charge is 0.330 e. The molecule has 3 nitrogen and oxygen atoms in total. The van der Waals surface area contributed by atoms with Gasteiger partial charge in [0.25, 0.3) is 0 Å². The molecule has 2 N–H and O–H groups in total. The predicted molar refractivity (Wildman–Crippen MR) is 81.4 cm³/mol. The normalized spacial score (nSPS) is 11.3. The second-order valence-corrected chi connectivity index (χ2v) is 6.30. The van der Waals surface area contributed by atoms with E-state index in [1.54, 1.807) is 23.1 Å². The molecule has 0 unspecified atom stereocenters. The van der Waals surface area contributed by atoms with Gasteiger partial charge in [-0.1, -0.05) is 35.5 Å². The van der Waals surface area contributed by atoms with Gasteiger partial charge in [-0.25, -0.2) is 4.98 Å². The van der Waals surface area contributed by atoms with Gasteiger partial charge in [0.1, 0.15) is 5.03 Å². The van der Waals surface area contributed by atoms with E-state index in [0.717, 1.165) is 32.0 Å². The fourth-order valence-electron chi connectivity index (χ4n) is 1.89. The number of hydrogen-bond donors (Lipinski definition) is 1. The molecule has 2 heterocycles. The van der Waals surface area contributed by atoms with Crippen molar-refractivity contribution in [2.45, 2.75) is 16.3 Å². The van der Waals surface area contributed by atoms with Crippen molar-refractivity contribution in [3.05, 3.63) is 46.6 Å². The van der Waals surface area contributed by atoms with Crippen LogP contribution in [0, 0.1) is 0 Å². The molecule has 6 heteroatoms. The average Bonchev–Trinajstić information content (AvgIpc) is 2.96. The second-order valence-electron chi connectivity index (χ2n) is 3.99. The Morgan fingerprint density at radius 3 is 3.00 bits per heavy atom. The number of nitrogens with two attached hydrogens (primary N) is 1. The van der Waals surface area contributed by atoms with E-state index in [1.807, 2.05) is 35.8 Å². The van der Waals surface area contributed by atoms with E-state index in [4.69, 9.17) is 17.3 Å². The summed E-state index contributed by atoms with van der Waals surface area (Å²) < 4.78 is 2.11. The Morgan fingerprint density at radius 2 is 2.21 bits per heavy atom. The summed E-state index contributed by atoms with van der Waals surface area (Å²) in [7, 11) is 0. The minimum atomic E-state index is 0.611. The summed E-state index contributed by atoms with van der Waals surface area (Å²) >= 11 is 9.42. The molecule has 1 aromatic carbocycles. The van der Waals surface area contributed by atoms with Crippen molar-refractivity contribution in [2.75, 3.05) is 6.54 Å². The predicted octanol–water partition coefficient (Wildman–Crippen LogP) is 3.70. The standard InChI is InChI=1S/C13H12ClN3S2/c14-9-3-1-2-4-11(9)19-12-10(5-6-15)17-7-8-18-13(17)16-12/h1-4,7-8H,5-6,15H2. The SMILES string of the molecule is NCCc1c(Sc2ccccc2Cl)nc2sccn12. The van der Waals surface area contributed by atoms with Crippen LogP contribution in [-0.2, 0) is 6.42 Å². The number of imidazole rings is 1. The average molecular weight is 310 g/mol. The highest BCUT2D eigenvalue weighted by molar-refractivity contribution is 7.99. The molecule has 0 bridgehead atoms. The first-order valence-electron chi connectivity index (χ1n) is 5.86. The molecule has 0 fully saturated rings. The van der Waals surface area contributed by atoms with Crippen LogP contribution in [0.25, 0.3) is 4.96 Å². The Hall–Kier alpha value is -1.01. The van der Waals surface area contributed by atoms with E-state index in [1.165, 1.54) is 0 Å². The number of nitrogens with zero attached hydrogens (tertiary/aromatic N) is 2. The third-order valence-corrected chi connectivity index (χ3v) is 5.04. The summed E-state index contributed by atoms with van der Waals surface area (Å²) in [6.45, 7) is 0.611. The van der Waals surface area contributed by atoms with Crippen LogP contribution in [0.2, 0.25) is 5.02 Å². The van der Waals surface area contributed by atoms with Gasteiger partial charge in [-0.15, -0.1) is 11.3 Å². The molecule has 0 aliphatic rings. The van der Waals surface area contributed by atoms with E-state index >= 15 is 0 Å². The van der Waals surface area contributed by atoms with E-state index in [-0.39, 0.29) is 0 Å². The van der Waals surface area contributed by atoms with Gasteiger partial charge >= 0.3 is 0 Å². The van der Waals surface area contributed by atoms with Crippen molar-refractivity contribution in [3.63, 3.8) is 0 Å². The van der Waals surface area contributed by atoms with Gasteiger partial charge in [0.05, 0.1) is 10.7 Å². The molecule has 0 aliphatic carbocycles. The fraction of sp³-hybridized carbons (Fsp3) is 0.154. The highest BCUT2D eigenvalue weighted by Crippen LogP contribution is 2.35. The summed E-state index contributed by atoms with van der Waals surface area (Å²) in [6.07, 6.45) is 2.85. The summed E-state index contributed by atoms with van der Waals surface area (Å²) in [5.41, 5.74) is 6.85. The van der Waals surface area contributed by atoms with Crippen LogP contribution in [0.3, 0.4) is 0 Å². The minimum Gasteiger partial charge on any atom is -0.330 e. The number of fused-ring (bicyclic) bond motifs is 1. The first-order valence-corrected chi connectivity index (χ1v) is 7.94. The molecule has 0 aliphatic heterocycles. The molecular formula is C13H12ClN3S2. The molecule has 19 heavy (non-hydrogen) atoms. The highest BCUT2D eigenvalue weighted by Gasteiger charge is 2.14. The van der Waals surface area contributed by atoms with Gasteiger partial charge in [0, 0.05) is 22.9 Å². The Labute approximate surface area is 124 Å². The number of rotatable bonds is 4. The Morgan fingerprint density at radius 1 is 1.37 bits per heavy atom. The lowest BCUT2D eigenvalue weighted by Gasteiger charge is -2.04. The second kappa shape index (κ2) is 5.54. The molecule has 0 atom stereocenters. The maximum absolute atomic E-state index is 6.20. The number of thiazole rings is 1. The Bertz CT molecular complexity index is 705. The van der Waals surface area contributed by atoms with E-state index in [2.05, 4.69) is 9.38 Å². The summed E-state index contributed by atoms with van der Waals surface area (Å²) in [5, 5.41) is 3.78. The molecular weight excluding hydrogens is 298 g/mol.